The van der Waals surface area contributed by atoms with Gasteiger partial charge in [-0.25, -0.2) is 4.68 Å². The number of hydrogen-bond acceptors (Lipinski definition) is 6. The van der Waals surface area contributed by atoms with E-state index in [1.165, 1.54) is 0 Å². The number of methoxy groups -OCH3 is 1. The predicted octanol–water partition coefficient (Wildman–Crippen LogP) is 1.37. The normalized spacial score (nSPS) is 25.6. The number of anilines is 1. The van der Waals surface area contributed by atoms with Gasteiger partial charge < -0.3 is 30.5 Å². The molecule has 35 heavy (non-hydrogen) atoms. The Morgan fingerprint density at radius 2 is 1.91 bits per heavy atom. The van der Waals surface area contributed by atoms with E-state index in [2.05, 4.69) is 15.7 Å². The van der Waals surface area contributed by atoms with Crippen LogP contribution >= 0.6 is 12.2 Å². The molecular formula is C25H27N5O4S. The lowest BCUT2D eigenvalue weighted by Gasteiger charge is -2.41. The first-order valence-corrected chi connectivity index (χ1v) is 11.8. The Bertz CT molecular complexity index is 1200. The first kappa shape index (κ1) is 23.3. The quantitative estimate of drug-likeness (QED) is 0.381. The zero-order valence-electron chi connectivity index (χ0n) is 19.1. The second-order valence-electron chi connectivity index (χ2n) is 8.73. The summed E-state index contributed by atoms with van der Waals surface area (Å²) < 4.78 is 7.14. The molecule has 1 saturated carbocycles. The maximum atomic E-state index is 13.4. The van der Waals surface area contributed by atoms with E-state index in [0.29, 0.717) is 10.9 Å². The maximum Gasteiger partial charge on any atom is 0.225 e. The fourth-order valence-electron chi connectivity index (χ4n) is 4.99. The van der Waals surface area contributed by atoms with Gasteiger partial charge in [0.2, 0.25) is 5.91 Å². The van der Waals surface area contributed by atoms with Crippen LogP contribution in [-0.2, 0) is 11.3 Å². The number of aliphatic hydroxyl groups is 2. The van der Waals surface area contributed by atoms with Crippen LogP contribution in [0.15, 0.2) is 67.0 Å². The van der Waals surface area contributed by atoms with Crippen molar-refractivity contribution in [2.45, 2.75) is 37.3 Å². The van der Waals surface area contributed by atoms with Crippen molar-refractivity contribution in [3.05, 3.63) is 72.6 Å². The monoisotopic (exact) mass is 493 g/mol. The van der Waals surface area contributed by atoms with Crippen LogP contribution in [0.25, 0.3) is 5.69 Å². The molecule has 0 bridgehead atoms. The molecule has 0 radical (unpaired) electrons. The van der Waals surface area contributed by atoms with E-state index >= 15 is 0 Å². The summed E-state index contributed by atoms with van der Waals surface area (Å²) in [5, 5.41) is 32.0. The molecule has 1 saturated heterocycles. The van der Waals surface area contributed by atoms with Crippen LogP contribution in [0.4, 0.5) is 5.69 Å². The molecule has 4 N–H and O–H groups in total. The van der Waals surface area contributed by atoms with Crippen molar-refractivity contribution in [3.63, 3.8) is 0 Å². The molecule has 182 valence electrons. The van der Waals surface area contributed by atoms with Gasteiger partial charge in [-0.2, -0.15) is 5.10 Å². The predicted molar refractivity (Wildman–Crippen MR) is 134 cm³/mol. The molecule has 10 heteroatoms. The first-order chi connectivity index (χ1) is 17.0. The molecular weight excluding hydrogens is 466 g/mol. The average molecular weight is 494 g/mol. The highest BCUT2D eigenvalue weighted by atomic mass is 32.1. The number of nitrogens with zero attached hydrogens (tertiary/aromatic N) is 3. The Hall–Kier alpha value is -3.47. The van der Waals surface area contributed by atoms with Crippen LogP contribution in [0.5, 0.6) is 5.75 Å². The summed E-state index contributed by atoms with van der Waals surface area (Å²) in [4.78, 5) is 15.3. The minimum atomic E-state index is -1.05. The average Bonchev–Trinajstić information content (AvgIpc) is 3.53. The minimum absolute atomic E-state index is 0.117. The lowest BCUT2D eigenvalue weighted by Crippen LogP contribution is -2.60. The number of fused-ring (bicyclic) bond motifs is 1. The number of nitrogens with one attached hydrogen (secondary N) is 2. The minimum Gasteiger partial charge on any atom is -0.496 e. The molecule has 1 aliphatic carbocycles. The molecule has 3 aromatic rings. The second-order valence-corrected chi connectivity index (χ2v) is 9.12. The Labute approximate surface area is 208 Å². The number of hydrogen-bond donors (Lipinski definition) is 4. The van der Waals surface area contributed by atoms with E-state index in [4.69, 9.17) is 17.0 Å². The van der Waals surface area contributed by atoms with E-state index in [1.807, 2.05) is 65.7 Å². The van der Waals surface area contributed by atoms with Crippen molar-refractivity contribution >= 4 is 28.9 Å². The summed E-state index contributed by atoms with van der Waals surface area (Å²) in [6.45, 7) is 0.284. The summed E-state index contributed by atoms with van der Waals surface area (Å²) in [5.74, 6) is -0.138. The van der Waals surface area contributed by atoms with Gasteiger partial charge in [-0.1, -0.05) is 18.2 Å². The van der Waals surface area contributed by atoms with Gasteiger partial charge in [0.05, 0.1) is 36.9 Å². The number of aromatic nitrogens is 2. The van der Waals surface area contributed by atoms with Crippen molar-refractivity contribution in [2.24, 2.45) is 5.92 Å². The first-order valence-electron chi connectivity index (χ1n) is 11.4. The van der Waals surface area contributed by atoms with Crippen molar-refractivity contribution in [3.8, 4) is 11.4 Å². The standard InChI is InChI=1S/C25H27N5O4S/c1-34-20-6-3-2-5-15(20)14-26-24(33)18-13-19(31)23(32)21-22(18)30(25(35)28-21)17-9-7-16(8-10-17)29-12-4-11-27-29/h2-12,18-19,21-23,31-32H,13-14H2,1H3,(H,26,33)(H,28,35)/t18-,19+,21-,22+,23-/m0/s1. The van der Waals surface area contributed by atoms with Gasteiger partial charge in [0.15, 0.2) is 5.11 Å². The number of ether oxygens (including phenoxy) is 1. The van der Waals surface area contributed by atoms with E-state index in [0.717, 1.165) is 16.9 Å². The Balaban J connectivity index is 1.40. The Morgan fingerprint density at radius 3 is 2.63 bits per heavy atom. The molecule has 5 rings (SSSR count). The van der Waals surface area contributed by atoms with Gasteiger partial charge in [-0.3, -0.25) is 4.79 Å². The summed E-state index contributed by atoms with van der Waals surface area (Å²) in [5.41, 5.74) is 2.53. The highest BCUT2D eigenvalue weighted by Gasteiger charge is 2.53. The van der Waals surface area contributed by atoms with Crippen LogP contribution in [-0.4, -0.2) is 62.4 Å². The lowest BCUT2D eigenvalue weighted by molar-refractivity contribution is -0.131. The van der Waals surface area contributed by atoms with E-state index < -0.39 is 30.2 Å². The molecule has 0 unspecified atom stereocenters. The molecule has 2 aromatic carbocycles. The summed E-state index contributed by atoms with van der Waals surface area (Å²) in [7, 11) is 1.59. The number of aliphatic hydroxyl groups excluding tert-OH is 2. The summed E-state index contributed by atoms with van der Waals surface area (Å²) in [6, 6.07) is 15.9. The van der Waals surface area contributed by atoms with Crippen LogP contribution in [0.1, 0.15) is 12.0 Å². The molecule has 2 heterocycles. The number of thiocarbonyl (C=S) groups is 1. The molecule has 2 aliphatic rings. The number of carbonyl (C=O) groups is 1. The van der Waals surface area contributed by atoms with Gasteiger partial charge in [0.25, 0.3) is 0 Å². The largest absolute Gasteiger partial charge is 0.496 e. The summed E-state index contributed by atoms with van der Waals surface area (Å²) >= 11 is 5.61. The van der Waals surface area contributed by atoms with Gasteiger partial charge >= 0.3 is 0 Å². The highest BCUT2D eigenvalue weighted by Crippen LogP contribution is 2.37. The molecule has 1 aliphatic heterocycles. The number of rotatable bonds is 6. The third kappa shape index (κ3) is 4.36. The van der Waals surface area contributed by atoms with Crippen LogP contribution in [0.2, 0.25) is 0 Å². The zero-order chi connectivity index (χ0) is 24.5. The van der Waals surface area contributed by atoms with Crippen LogP contribution in [0.3, 0.4) is 0 Å². The van der Waals surface area contributed by atoms with Gasteiger partial charge in [0, 0.05) is 30.2 Å². The fraction of sp³-hybridized carbons (Fsp3) is 0.320. The van der Waals surface area contributed by atoms with E-state index in [1.54, 1.807) is 18.0 Å². The van der Waals surface area contributed by atoms with Gasteiger partial charge in [-0.05, 0) is 55.0 Å². The molecule has 9 nitrogen and oxygen atoms in total. The van der Waals surface area contributed by atoms with Crippen LogP contribution < -0.4 is 20.3 Å². The van der Waals surface area contributed by atoms with Crippen molar-refractivity contribution < 1.29 is 19.7 Å². The fourth-order valence-corrected chi connectivity index (χ4v) is 5.35. The topological polar surface area (TPSA) is 112 Å². The van der Waals surface area contributed by atoms with Crippen molar-refractivity contribution in [1.82, 2.24) is 20.4 Å². The van der Waals surface area contributed by atoms with E-state index in [-0.39, 0.29) is 18.9 Å². The smallest absolute Gasteiger partial charge is 0.225 e. The van der Waals surface area contributed by atoms with Crippen molar-refractivity contribution in [2.75, 3.05) is 12.0 Å². The third-order valence-corrected chi connectivity index (χ3v) is 7.04. The second kappa shape index (κ2) is 9.65. The van der Waals surface area contributed by atoms with Crippen molar-refractivity contribution in [1.29, 1.82) is 0 Å². The Kier molecular flexibility index (Phi) is 6.42. The van der Waals surface area contributed by atoms with Gasteiger partial charge in [0.1, 0.15) is 11.9 Å². The summed E-state index contributed by atoms with van der Waals surface area (Å²) in [6.07, 6.45) is 1.58. The molecule has 5 atom stereocenters. The molecule has 2 fully saturated rings. The maximum absolute atomic E-state index is 13.4. The highest BCUT2D eigenvalue weighted by molar-refractivity contribution is 7.80. The molecule has 1 amide bonds. The number of benzene rings is 2. The zero-order valence-corrected chi connectivity index (χ0v) is 19.9. The third-order valence-electron chi connectivity index (χ3n) is 6.72. The molecule has 0 spiro atoms. The van der Waals surface area contributed by atoms with Crippen LogP contribution in [0, 0.1) is 5.92 Å². The molecule has 1 aromatic heterocycles. The number of carbonyl (C=O) groups excluding carboxylic acids is 1. The number of para-hydroxylation sites is 1. The van der Waals surface area contributed by atoms with Gasteiger partial charge in [-0.15, -0.1) is 0 Å². The Morgan fingerprint density at radius 1 is 1.17 bits per heavy atom. The SMILES string of the molecule is COc1ccccc1CNC(=O)[C@H]1C[C@@H](O)[C@H](O)[C@H]2NC(=S)N(c3ccc(-n4cccn4)cc3)[C@@H]21. The van der Waals surface area contributed by atoms with E-state index in [9.17, 15) is 15.0 Å². The number of amides is 1. The lowest BCUT2D eigenvalue weighted by atomic mass is 9.77.